The fourth-order valence-corrected chi connectivity index (χ4v) is 1.92. The maximum atomic E-state index is 8.86. The van der Waals surface area contributed by atoms with Crippen LogP contribution in [-0.4, -0.2) is 9.55 Å². The van der Waals surface area contributed by atoms with Gasteiger partial charge in [-0.25, -0.2) is 0 Å². The lowest BCUT2D eigenvalue weighted by atomic mass is 10.2. The summed E-state index contributed by atoms with van der Waals surface area (Å²) < 4.78 is 2.61. The van der Waals surface area contributed by atoms with E-state index in [9.17, 15) is 0 Å². The molecular formula is C12H11N3S. The minimum atomic E-state index is 0.636. The van der Waals surface area contributed by atoms with Gasteiger partial charge in [-0.05, 0) is 37.3 Å². The minimum absolute atomic E-state index is 0.636. The molecule has 0 aliphatic heterocycles. The van der Waals surface area contributed by atoms with Crippen molar-refractivity contribution in [1.82, 2.24) is 9.55 Å². The average Bonchev–Trinajstić information content (AvgIpc) is 2.54. The van der Waals surface area contributed by atoms with Gasteiger partial charge in [0.05, 0.1) is 22.7 Å². The first-order valence-corrected chi connectivity index (χ1v) is 5.29. The van der Waals surface area contributed by atoms with Gasteiger partial charge in [-0.2, -0.15) is 5.26 Å². The van der Waals surface area contributed by atoms with E-state index in [-0.39, 0.29) is 0 Å². The second-order valence-corrected chi connectivity index (χ2v) is 4.20. The molecule has 0 amide bonds. The Balaban J connectivity index is 2.71. The summed E-state index contributed by atoms with van der Waals surface area (Å²) in [5.74, 6) is 0. The van der Waals surface area contributed by atoms with Gasteiger partial charge < -0.3 is 9.55 Å². The maximum Gasteiger partial charge on any atom is 0.178 e. The van der Waals surface area contributed by atoms with Gasteiger partial charge in [-0.1, -0.05) is 12.2 Å². The van der Waals surface area contributed by atoms with Gasteiger partial charge in [-0.15, -0.1) is 0 Å². The fourth-order valence-electron chi connectivity index (χ4n) is 1.65. The van der Waals surface area contributed by atoms with E-state index in [0.717, 1.165) is 16.6 Å². The van der Waals surface area contributed by atoms with Crippen LogP contribution in [0.15, 0.2) is 30.4 Å². The van der Waals surface area contributed by atoms with Gasteiger partial charge in [0.25, 0.3) is 0 Å². The number of nitriles is 1. The van der Waals surface area contributed by atoms with Gasteiger partial charge in [-0.3, -0.25) is 0 Å². The summed E-state index contributed by atoms with van der Waals surface area (Å²) in [6.45, 7) is 6.50. The monoisotopic (exact) mass is 229 g/mol. The van der Waals surface area contributed by atoms with Gasteiger partial charge in [0.1, 0.15) is 0 Å². The van der Waals surface area contributed by atoms with Gasteiger partial charge in [0.15, 0.2) is 4.77 Å². The second kappa shape index (κ2) is 3.95. The lowest BCUT2D eigenvalue weighted by Gasteiger charge is -2.03. The zero-order valence-electron chi connectivity index (χ0n) is 8.95. The molecule has 0 fully saturated rings. The fraction of sp³-hybridized carbons (Fsp3) is 0.167. The van der Waals surface area contributed by atoms with Crippen LogP contribution in [0.2, 0.25) is 0 Å². The molecule has 1 aromatic carbocycles. The Labute approximate surface area is 98.6 Å². The van der Waals surface area contributed by atoms with Crippen LogP contribution in [-0.2, 0) is 6.54 Å². The summed E-state index contributed by atoms with van der Waals surface area (Å²) in [4.78, 5) is 3.11. The van der Waals surface area contributed by atoms with Crippen molar-refractivity contribution in [3.8, 4) is 6.07 Å². The summed E-state index contributed by atoms with van der Waals surface area (Å²) in [6, 6.07) is 7.61. The van der Waals surface area contributed by atoms with E-state index in [4.69, 9.17) is 17.5 Å². The smallest absolute Gasteiger partial charge is 0.178 e. The molecule has 0 unspecified atom stereocenters. The highest BCUT2D eigenvalue weighted by atomic mass is 32.1. The zero-order chi connectivity index (χ0) is 11.7. The second-order valence-electron chi connectivity index (χ2n) is 3.82. The molecule has 16 heavy (non-hydrogen) atoms. The normalized spacial score (nSPS) is 10.2. The van der Waals surface area contributed by atoms with E-state index in [1.54, 1.807) is 6.07 Å². The third-order valence-corrected chi connectivity index (χ3v) is 2.65. The van der Waals surface area contributed by atoms with Crippen molar-refractivity contribution in [2.45, 2.75) is 13.5 Å². The molecule has 0 saturated carbocycles. The zero-order valence-corrected chi connectivity index (χ0v) is 9.77. The molecule has 0 radical (unpaired) electrons. The Morgan fingerprint density at radius 1 is 1.62 bits per heavy atom. The molecule has 2 aromatic rings. The molecule has 0 bridgehead atoms. The number of allylic oxidation sites excluding steroid dienone is 1. The molecule has 1 aromatic heterocycles. The molecule has 2 rings (SSSR count). The van der Waals surface area contributed by atoms with Crippen LogP contribution in [0.5, 0.6) is 0 Å². The van der Waals surface area contributed by atoms with Gasteiger partial charge >= 0.3 is 0 Å². The Bertz CT molecular complexity index is 655. The number of hydrogen-bond donors (Lipinski definition) is 1. The molecule has 80 valence electrons. The van der Waals surface area contributed by atoms with Gasteiger partial charge in [0, 0.05) is 6.54 Å². The SMILES string of the molecule is C=C(C)Cn1c(=S)[nH]c2ccc(C#N)cc21. The first kappa shape index (κ1) is 10.7. The molecule has 1 N–H and O–H groups in total. The number of nitrogens with one attached hydrogen (secondary N) is 1. The van der Waals surface area contributed by atoms with Crippen LogP contribution >= 0.6 is 12.2 Å². The van der Waals surface area contributed by atoms with Crippen molar-refractivity contribution in [3.63, 3.8) is 0 Å². The number of H-pyrrole nitrogens is 1. The largest absolute Gasteiger partial charge is 0.331 e. The molecule has 0 aliphatic rings. The highest BCUT2D eigenvalue weighted by molar-refractivity contribution is 7.71. The lowest BCUT2D eigenvalue weighted by Crippen LogP contribution is -1.98. The summed E-state index contributed by atoms with van der Waals surface area (Å²) in [5, 5.41) is 8.86. The number of imidazole rings is 1. The van der Waals surface area contributed by atoms with Crippen LogP contribution in [0.3, 0.4) is 0 Å². The van der Waals surface area contributed by atoms with Crippen molar-refractivity contribution in [3.05, 3.63) is 40.7 Å². The standard InChI is InChI=1S/C12H11N3S/c1-8(2)7-15-11-5-9(6-13)3-4-10(11)14-12(15)16/h3-5H,1,7H2,2H3,(H,14,16). The predicted octanol–water partition coefficient (Wildman–Crippen LogP) is 3.15. The number of nitrogens with zero attached hydrogens (tertiary/aromatic N) is 2. The summed E-state index contributed by atoms with van der Waals surface area (Å²) in [5.41, 5.74) is 3.56. The summed E-state index contributed by atoms with van der Waals surface area (Å²) in [6.07, 6.45) is 0. The molecule has 4 heteroatoms. The van der Waals surface area contributed by atoms with E-state index in [0.29, 0.717) is 16.9 Å². The van der Waals surface area contributed by atoms with Crippen LogP contribution in [0.1, 0.15) is 12.5 Å². The minimum Gasteiger partial charge on any atom is -0.331 e. The molecular weight excluding hydrogens is 218 g/mol. The first-order chi connectivity index (χ1) is 7.61. The number of hydrogen-bond acceptors (Lipinski definition) is 2. The molecule has 0 atom stereocenters. The molecule has 0 spiro atoms. The van der Waals surface area contributed by atoms with Crippen molar-refractivity contribution in [2.24, 2.45) is 0 Å². The number of fused-ring (bicyclic) bond motifs is 1. The average molecular weight is 229 g/mol. The Morgan fingerprint density at radius 2 is 2.38 bits per heavy atom. The molecule has 3 nitrogen and oxygen atoms in total. The van der Waals surface area contributed by atoms with E-state index in [1.807, 2.05) is 23.6 Å². The number of benzene rings is 1. The molecule has 1 heterocycles. The highest BCUT2D eigenvalue weighted by Crippen LogP contribution is 2.16. The third kappa shape index (κ3) is 1.77. The summed E-state index contributed by atoms with van der Waals surface area (Å²) >= 11 is 5.23. The molecule has 0 saturated heterocycles. The Hall–Kier alpha value is -1.86. The predicted molar refractivity (Wildman–Crippen MR) is 66.7 cm³/mol. The van der Waals surface area contributed by atoms with Crippen molar-refractivity contribution >= 4 is 23.3 Å². The summed E-state index contributed by atoms with van der Waals surface area (Å²) in [7, 11) is 0. The van der Waals surface area contributed by atoms with E-state index < -0.39 is 0 Å². The number of aromatic nitrogens is 2. The van der Waals surface area contributed by atoms with Crippen LogP contribution in [0.25, 0.3) is 11.0 Å². The van der Waals surface area contributed by atoms with Crippen molar-refractivity contribution in [2.75, 3.05) is 0 Å². The Kier molecular flexibility index (Phi) is 2.63. The first-order valence-electron chi connectivity index (χ1n) is 4.89. The lowest BCUT2D eigenvalue weighted by molar-refractivity contribution is 0.797. The topological polar surface area (TPSA) is 44.5 Å². The quantitative estimate of drug-likeness (QED) is 0.635. The van der Waals surface area contributed by atoms with E-state index >= 15 is 0 Å². The van der Waals surface area contributed by atoms with Crippen LogP contribution < -0.4 is 0 Å². The van der Waals surface area contributed by atoms with E-state index in [2.05, 4.69) is 17.6 Å². The van der Waals surface area contributed by atoms with Crippen LogP contribution in [0, 0.1) is 16.1 Å². The molecule has 0 aliphatic carbocycles. The third-order valence-electron chi connectivity index (χ3n) is 2.33. The van der Waals surface area contributed by atoms with Gasteiger partial charge in [0.2, 0.25) is 0 Å². The highest BCUT2D eigenvalue weighted by Gasteiger charge is 2.05. The number of rotatable bonds is 2. The number of aromatic amines is 1. The van der Waals surface area contributed by atoms with Crippen molar-refractivity contribution < 1.29 is 0 Å². The van der Waals surface area contributed by atoms with Crippen molar-refractivity contribution in [1.29, 1.82) is 5.26 Å². The Morgan fingerprint density at radius 3 is 3.00 bits per heavy atom. The van der Waals surface area contributed by atoms with Crippen LogP contribution in [0.4, 0.5) is 0 Å². The maximum absolute atomic E-state index is 8.86. The van der Waals surface area contributed by atoms with E-state index in [1.165, 1.54) is 0 Å².